The van der Waals surface area contributed by atoms with E-state index >= 15 is 0 Å². The second-order valence-corrected chi connectivity index (χ2v) is 10.1. The molecule has 1 amide bonds. The number of ether oxygens (including phenoxy) is 1. The molecular weight excluding hydrogens is 518 g/mol. The fraction of sp³-hybridized carbons (Fsp3) is 0.250. The van der Waals surface area contributed by atoms with Gasteiger partial charge in [0, 0.05) is 18.0 Å². The van der Waals surface area contributed by atoms with Gasteiger partial charge in [-0.2, -0.15) is 0 Å². The van der Waals surface area contributed by atoms with E-state index in [-0.39, 0.29) is 28.3 Å². The van der Waals surface area contributed by atoms with Crippen LogP contribution >= 0.6 is 0 Å². The van der Waals surface area contributed by atoms with Crippen LogP contribution in [0.3, 0.4) is 0 Å². The Balaban J connectivity index is 2.04. The average Bonchev–Trinajstić information content (AvgIpc) is 3.27. The molecule has 2 aromatic carbocycles. The number of nitrogens with two attached hydrogens (primary N) is 1. The minimum atomic E-state index is -5.01. The van der Waals surface area contributed by atoms with Gasteiger partial charge in [0.25, 0.3) is 0 Å². The van der Waals surface area contributed by atoms with Crippen LogP contribution in [0.1, 0.15) is 48.0 Å². The SMILES string of the molecule is CC(C)(C)c1ccc(CC(C(N)=O)(c2cccc(OC(F)(F)F)c2)n2ccc3c(F)cnc(C(=O)O)c32)cc1. The summed E-state index contributed by atoms with van der Waals surface area (Å²) in [5.41, 5.74) is 4.50. The van der Waals surface area contributed by atoms with Gasteiger partial charge in [-0.05, 0) is 40.3 Å². The van der Waals surface area contributed by atoms with Crippen molar-refractivity contribution in [2.75, 3.05) is 0 Å². The Morgan fingerprint density at radius 1 is 1.03 bits per heavy atom. The number of carboxylic acids is 1. The Hall–Kier alpha value is -4.41. The number of aromatic carboxylic acids is 1. The summed E-state index contributed by atoms with van der Waals surface area (Å²) in [5, 5.41) is 9.65. The smallest absolute Gasteiger partial charge is 0.476 e. The van der Waals surface area contributed by atoms with E-state index in [4.69, 9.17) is 5.73 Å². The van der Waals surface area contributed by atoms with Crippen LogP contribution in [0, 0.1) is 5.82 Å². The number of halogens is 4. The molecule has 2 aromatic heterocycles. The Kier molecular flexibility index (Phi) is 6.88. The molecule has 204 valence electrons. The van der Waals surface area contributed by atoms with E-state index in [0.717, 1.165) is 28.5 Å². The molecule has 0 saturated heterocycles. The standard InChI is InChI=1S/C28H25F4N3O4/c1-26(2,3)17-9-7-16(8-10-17)14-27(25(33)38,18-5-4-6-19(13-18)39-28(30,31)32)35-12-11-20-21(29)15-34-22(23(20)35)24(36)37/h4-13,15H,14H2,1-3H3,(H2,33,38)(H,36,37). The normalized spacial score (nSPS) is 13.7. The Morgan fingerprint density at radius 3 is 2.26 bits per heavy atom. The van der Waals surface area contributed by atoms with Gasteiger partial charge in [-0.3, -0.25) is 4.79 Å². The fourth-order valence-electron chi connectivity index (χ4n) is 4.64. The number of fused-ring (bicyclic) bond motifs is 1. The molecule has 0 spiro atoms. The number of primary amides is 1. The number of pyridine rings is 1. The highest BCUT2D eigenvalue weighted by Crippen LogP contribution is 2.38. The molecule has 0 aliphatic heterocycles. The highest BCUT2D eigenvalue weighted by molar-refractivity contribution is 6.02. The molecule has 0 saturated carbocycles. The number of carbonyl (C=O) groups excluding carboxylic acids is 1. The molecule has 2 heterocycles. The highest BCUT2D eigenvalue weighted by Gasteiger charge is 2.43. The van der Waals surface area contributed by atoms with Crippen LogP contribution in [0.25, 0.3) is 10.9 Å². The number of benzene rings is 2. The fourth-order valence-corrected chi connectivity index (χ4v) is 4.64. The number of amides is 1. The molecule has 0 aliphatic rings. The maximum absolute atomic E-state index is 14.7. The third kappa shape index (κ3) is 5.29. The summed E-state index contributed by atoms with van der Waals surface area (Å²) < 4.78 is 59.1. The molecule has 0 bridgehead atoms. The largest absolute Gasteiger partial charge is 0.573 e. The lowest BCUT2D eigenvalue weighted by Gasteiger charge is -2.35. The number of hydrogen-bond acceptors (Lipinski definition) is 4. The van der Waals surface area contributed by atoms with Gasteiger partial charge in [0.2, 0.25) is 5.91 Å². The first-order valence-corrected chi connectivity index (χ1v) is 11.8. The number of carboxylic acid groups (broad SMARTS) is 1. The van der Waals surface area contributed by atoms with Crippen LogP contribution in [-0.4, -0.2) is 32.9 Å². The van der Waals surface area contributed by atoms with Crippen molar-refractivity contribution >= 4 is 22.8 Å². The van der Waals surface area contributed by atoms with Crippen LogP contribution in [-0.2, 0) is 22.2 Å². The monoisotopic (exact) mass is 543 g/mol. The van der Waals surface area contributed by atoms with Gasteiger partial charge in [0.05, 0.1) is 11.7 Å². The molecule has 4 aromatic rings. The first-order valence-electron chi connectivity index (χ1n) is 11.8. The summed E-state index contributed by atoms with van der Waals surface area (Å²) in [7, 11) is 0. The summed E-state index contributed by atoms with van der Waals surface area (Å²) in [4.78, 5) is 29.2. The Morgan fingerprint density at radius 2 is 1.69 bits per heavy atom. The molecule has 0 radical (unpaired) electrons. The van der Waals surface area contributed by atoms with E-state index < -0.39 is 41.0 Å². The third-order valence-corrected chi connectivity index (χ3v) is 6.52. The zero-order chi connectivity index (χ0) is 28.8. The number of hydrogen-bond donors (Lipinski definition) is 2. The van der Waals surface area contributed by atoms with E-state index in [1.54, 1.807) is 12.1 Å². The van der Waals surface area contributed by atoms with Crippen molar-refractivity contribution in [1.82, 2.24) is 9.55 Å². The predicted molar refractivity (Wildman–Crippen MR) is 135 cm³/mol. The van der Waals surface area contributed by atoms with E-state index in [9.17, 15) is 32.3 Å². The number of carbonyl (C=O) groups is 2. The lowest BCUT2D eigenvalue weighted by molar-refractivity contribution is -0.274. The van der Waals surface area contributed by atoms with Crippen molar-refractivity contribution in [3.05, 3.63) is 95.2 Å². The Bertz CT molecular complexity index is 1560. The number of rotatable bonds is 7. The lowest BCUT2D eigenvalue weighted by Crippen LogP contribution is -2.49. The zero-order valence-electron chi connectivity index (χ0n) is 21.2. The van der Waals surface area contributed by atoms with Crippen LogP contribution in [0.4, 0.5) is 17.6 Å². The maximum atomic E-state index is 14.7. The highest BCUT2D eigenvalue weighted by atomic mass is 19.4. The first-order chi connectivity index (χ1) is 18.1. The van der Waals surface area contributed by atoms with Crippen molar-refractivity contribution in [1.29, 1.82) is 0 Å². The van der Waals surface area contributed by atoms with Crippen LogP contribution in [0.5, 0.6) is 5.75 Å². The number of alkyl halides is 3. The quantitative estimate of drug-likeness (QED) is 0.298. The van der Waals surface area contributed by atoms with Crippen molar-refractivity contribution in [3.8, 4) is 5.75 Å². The van der Waals surface area contributed by atoms with E-state index in [1.807, 2.05) is 32.9 Å². The number of nitrogens with zero attached hydrogens (tertiary/aromatic N) is 2. The van der Waals surface area contributed by atoms with Crippen molar-refractivity contribution in [2.24, 2.45) is 5.73 Å². The van der Waals surface area contributed by atoms with E-state index in [0.29, 0.717) is 5.56 Å². The van der Waals surface area contributed by atoms with Gasteiger partial charge in [-0.15, -0.1) is 13.2 Å². The third-order valence-electron chi connectivity index (χ3n) is 6.52. The van der Waals surface area contributed by atoms with Gasteiger partial charge in [-0.1, -0.05) is 57.2 Å². The zero-order valence-corrected chi connectivity index (χ0v) is 21.2. The topological polar surface area (TPSA) is 107 Å². The van der Waals surface area contributed by atoms with Crippen molar-refractivity contribution in [2.45, 2.75) is 44.5 Å². The van der Waals surface area contributed by atoms with Gasteiger partial charge < -0.3 is 20.1 Å². The second-order valence-electron chi connectivity index (χ2n) is 10.1. The van der Waals surface area contributed by atoms with Gasteiger partial charge >= 0.3 is 12.3 Å². The molecule has 3 N–H and O–H groups in total. The molecular formula is C28H25F4N3O4. The van der Waals surface area contributed by atoms with Gasteiger partial charge in [-0.25, -0.2) is 14.2 Å². The molecule has 4 rings (SSSR count). The van der Waals surface area contributed by atoms with Crippen LogP contribution in [0.2, 0.25) is 0 Å². The summed E-state index contributed by atoms with van der Waals surface area (Å²) in [6, 6.07) is 13.1. The van der Waals surface area contributed by atoms with Crippen LogP contribution < -0.4 is 10.5 Å². The van der Waals surface area contributed by atoms with Crippen molar-refractivity contribution < 1.29 is 37.0 Å². The minimum Gasteiger partial charge on any atom is -0.476 e. The van der Waals surface area contributed by atoms with E-state index in [2.05, 4.69) is 9.72 Å². The van der Waals surface area contributed by atoms with Gasteiger partial charge in [0.15, 0.2) is 17.1 Å². The van der Waals surface area contributed by atoms with Crippen molar-refractivity contribution in [3.63, 3.8) is 0 Å². The van der Waals surface area contributed by atoms with E-state index in [1.165, 1.54) is 24.4 Å². The predicted octanol–water partition coefficient (Wildman–Crippen LogP) is 5.54. The molecule has 39 heavy (non-hydrogen) atoms. The molecule has 7 nitrogen and oxygen atoms in total. The lowest BCUT2D eigenvalue weighted by atomic mass is 9.81. The molecule has 1 unspecified atom stereocenters. The Labute approximate surface area is 220 Å². The maximum Gasteiger partial charge on any atom is 0.573 e. The molecule has 1 atom stereocenters. The second kappa shape index (κ2) is 9.72. The summed E-state index contributed by atoms with van der Waals surface area (Å²) in [6.07, 6.45) is -3.21. The molecule has 11 heteroatoms. The summed E-state index contributed by atoms with van der Waals surface area (Å²) in [5.74, 6) is -3.99. The van der Waals surface area contributed by atoms with Crippen LogP contribution in [0.15, 0.2) is 67.0 Å². The number of aromatic nitrogens is 2. The molecule has 0 aliphatic carbocycles. The minimum absolute atomic E-state index is 0.0326. The first kappa shape index (κ1) is 27.6. The summed E-state index contributed by atoms with van der Waals surface area (Å²) >= 11 is 0. The molecule has 0 fully saturated rings. The summed E-state index contributed by atoms with van der Waals surface area (Å²) in [6.45, 7) is 6.05. The van der Waals surface area contributed by atoms with Gasteiger partial charge in [0.1, 0.15) is 5.75 Å². The average molecular weight is 544 g/mol.